The van der Waals surface area contributed by atoms with E-state index in [4.69, 9.17) is 16.9 Å². The van der Waals surface area contributed by atoms with E-state index in [1.54, 1.807) is 30.3 Å². The van der Waals surface area contributed by atoms with Crippen molar-refractivity contribution in [3.63, 3.8) is 0 Å². The average molecular weight is 339 g/mol. The summed E-state index contributed by atoms with van der Waals surface area (Å²) in [5, 5.41) is 12.3. The summed E-state index contributed by atoms with van der Waals surface area (Å²) < 4.78 is 0. The monoisotopic (exact) mass is 338 g/mol. The zero-order chi connectivity index (χ0) is 17.4. The molecule has 1 amide bonds. The van der Waals surface area contributed by atoms with Crippen molar-refractivity contribution in [2.45, 2.75) is 6.54 Å². The first-order valence-electron chi connectivity index (χ1n) is 7.29. The van der Waals surface area contributed by atoms with Crippen LogP contribution in [-0.4, -0.2) is 11.7 Å². The Hall–Kier alpha value is -2.90. The van der Waals surface area contributed by atoms with Crippen LogP contribution in [0.15, 0.2) is 60.7 Å². The molecular weight excluding hydrogens is 324 g/mol. The molecule has 1 atom stereocenters. The Balaban J connectivity index is 1.98. The lowest BCUT2D eigenvalue weighted by atomic mass is 10.0. The van der Waals surface area contributed by atoms with Crippen LogP contribution < -0.4 is 5.32 Å². The van der Waals surface area contributed by atoms with Crippen molar-refractivity contribution < 1.29 is 9.59 Å². The summed E-state index contributed by atoms with van der Waals surface area (Å²) in [6, 6.07) is 17.9. The predicted molar refractivity (Wildman–Crippen MR) is 92.9 cm³/mol. The molecule has 2 rings (SSSR count). The Labute approximate surface area is 145 Å². The number of nitrogens with one attached hydrogen (secondary N) is 1. The average Bonchev–Trinajstić information content (AvgIpc) is 2.60. The Kier molecular flexibility index (Phi) is 6.30. The number of hydrogen-bond donors (Lipinski definition) is 1. The summed E-state index contributed by atoms with van der Waals surface area (Å²) >= 11 is 5.86. The van der Waals surface area contributed by atoms with E-state index in [1.165, 1.54) is 12.2 Å². The molecule has 4 nitrogen and oxygen atoms in total. The molecule has 0 aromatic heterocycles. The summed E-state index contributed by atoms with van der Waals surface area (Å²) in [5.74, 6) is -2.55. The number of benzene rings is 2. The number of allylic oxidation sites excluding steroid dienone is 1. The van der Waals surface area contributed by atoms with Crippen LogP contribution in [0.5, 0.6) is 0 Å². The van der Waals surface area contributed by atoms with Crippen LogP contribution in [-0.2, 0) is 16.1 Å². The van der Waals surface area contributed by atoms with Crippen LogP contribution in [0.3, 0.4) is 0 Å². The molecule has 0 fully saturated rings. The number of rotatable bonds is 6. The highest BCUT2D eigenvalue weighted by atomic mass is 35.5. The molecule has 2 aromatic carbocycles. The highest BCUT2D eigenvalue weighted by Crippen LogP contribution is 2.12. The molecule has 0 bridgehead atoms. The van der Waals surface area contributed by atoms with Crippen molar-refractivity contribution in [2.75, 3.05) is 0 Å². The second kappa shape index (κ2) is 8.66. The van der Waals surface area contributed by atoms with Crippen molar-refractivity contribution in [1.82, 2.24) is 5.32 Å². The van der Waals surface area contributed by atoms with Crippen LogP contribution in [0.1, 0.15) is 11.1 Å². The second-order valence-electron chi connectivity index (χ2n) is 5.06. The zero-order valence-electron chi connectivity index (χ0n) is 12.8. The molecule has 0 saturated carbocycles. The Morgan fingerprint density at radius 3 is 2.58 bits per heavy atom. The molecule has 1 N–H and O–H groups in total. The summed E-state index contributed by atoms with van der Waals surface area (Å²) in [7, 11) is 0. The number of carbonyl (C=O) groups excluding carboxylic acids is 2. The van der Waals surface area contributed by atoms with Crippen molar-refractivity contribution >= 4 is 29.4 Å². The number of ketones is 1. The normalized spacial score (nSPS) is 11.7. The van der Waals surface area contributed by atoms with Gasteiger partial charge in [0.15, 0.2) is 11.7 Å². The number of carbonyl (C=O) groups is 2. The molecule has 0 spiro atoms. The maximum atomic E-state index is 12.1. The second-order valence-corrected chi connectivity index (χ2v) is 5.49. The molecule has 0 saturated heterocycles. The summed E-state index contributed by atoms with van der Waals surface area (Å²) in [6.07, 6.45) is 2.75. The topological polar surface area (TPSA) is 70.0 Å². The summed E-state index contributed by atoms with van der Waals surface area (Å²) in [5.41, 5.74) is 1.61. The smallest absolute Gasteiger partial charge is 0.245 e. The minimum atomic E-state index is -1.37. The van der Waals surface area contributed by atoms with Gasteiger partial charge in [0.2, 0.25) is 5.91 Å². The minimum absolute atomic E-state index is 0.267. The molecule has 0 unspecified atom stereocenters. The third-order valence-electron chi connectivity index (χ3n) is 3.27. The molecule has 5 heteroatoms. The third-order valence-corrected chi connectivity index (χ3v) is 3.51. The standard InChI is InChI=1S/C19H15ClN2O2/c20-16-8-4-7-14(11-16)9-10-18(23)17(12-21)19(24)22-13-15-5-2-1-3-6-15/h1-11,17H,13H2,(H,22,24)/b10-9+/t17-/m1/s1. The summed E-state index contributed by atoms with van der Waals surface area (Å²) in [6.45, 7) is 0.267. The highest BCUT2D eigenvalue weighted by molar-refractivity contribution is 6.30. The molecule has 0 aliphatic heterocycles. The molecule has 2 aromatic rings. The van der Waals surface area contributed by atoms with Gasteiger partial charge in [0, 0.05) is 11.6 Å². The molecule has 120 valence electrons. The highest BCUT2D eigenvalue weighted by Gasteiger charge is 2.23. The van der Waals surface area contributed by atoms with Gasteiger partial charge in [-0.15, -0.1) is 0 Å². The van der Waals surface area contributed by atoms with E-state index in [0.29, 0.717) is 5.02 Å². The predicted octanol–water partition coefficient (Wildman–Crippen LogP) is 3.38. The van der Waals surface area contributed by atoms with Crippen molar-refractivity contribution in [2.24, 2.45) is 5.92 Å². The fraction of sp³-hybridized carbons (Fsp3) is 0.105. The number of amides is 1. The lowest BCUT2D eigenvalue weighted by Crippen LogP contribution is -2.33. The SMILES string of the molecule is N#C[C@H](C(=O)/C=C/c1cccc(Cl)c1)C(=O)NCc1ccccc1. The molecule has 24 heavy (non-hydrogen) atoms. The van der Waals surface area contributed by atoms with Gasteiger partial charge in [0.25, 0.3) is 0 Å². The first kappa shape index (κ1) is 17.5. The van der Waals surface area contributed by atoms with Gasteiger partial charge in [-0.1, -0.05) is 60.1 Å². The molecule has 0 aliphatic carbocycles. The van der Waals surface area contributed by atoms with Gasteiger partial charge in [-0.05, 0) is 29.3 Å². The minimum Gasteiger partial charge on any atom is -0.350 e. The number of halogens is 1. The molecule has 0 aliphatic rings. The van der Waals surface area contributed by atoms with Crippen LogP contribution >= 0.6 is 11.6 Å². The van der Waals surface area contributed by atoms with Gasteiger partial charge in [-0.3, -0.25) is 9.59 Å². The van der Waals surface area contributed by atoms with Crippen molar-refractivity contribution in [3.8, 4) is 6.07 Å². The van der Waals surface area contributed by atoms with Gasteiger partial charge in [0.05, 0.1) is 6.07 Å². The van der Waals surface area contributed by atoms with E-state index in [0.717, 1.165) is 11.1 Å². The van der Waals surface area contributed by atoms with Gasteiger partial charge in [0.1, 0.15) is 0 Å². The van der Waals surface area contributed by atoms with Gasteiger partial charge in [-0.25, -0.2) is 0 Å². The first-order chi connectivity index (χ1) is 11.6. The maximum Gasteiger partial charge on any atom is 0.245 e. The quantitative estimate of drug-likeness (QED) is 0.648. The van der Waals surface area contributed by atoms with Crippen LogP contribution in [0.4, 0.5) is 0 Å². The van der Waals surface area contributed by atoms with E-state index < -0.39 is 17.6 Å². The number of hydrogen-bond acceptors (Lipinski definition) is 3. The zero-order valence-corrected chi connectivity index (χ0v) is 13.5. The van der Waals surface area contributed by atoms with E-state index in [1.807, 2.05) is 30.3 Å². The molecule has 0 heterocycles. The van der Waals surface area contributed by atoms with Crippen LogP contribution in [0, 0.1) is 17.2 Å². The van der Waals surface area contributed by atoms with Crippen molar-refractivity contribution in [1.29, 1.82) is 5.26 Å². The third kappa shape index (κ3) is 5.08. The fourth-order valence-electron chi connectivity index (χ4n) is 2.02. The molecular formula is C19H15ClN2O2. The van der Waals surface area contributed by atoms with E-state index in [2.05, 4.69) is 5.32 Å². The largest absolute Gasteiger partial charge is 0.350 e. The summed E-state index contributed by atoms with van der Waals surface area (Å²) in [4.78, 5) is 24.1. The van der Waals surface area contributed by atoms with Crippen LogP contribution in [0.2, 0.25) is 5.02 Å². The maximum absolute atomic E-state index is 12.1. The van der Waals surface area contributed by atoms with Gasteiger partial charge in [-0.2, -0.15) is 5.26 Å². The Morgan fingerprint density at radius 1 is 1.17 bits per heavy atom. The number of nitrogens with zero attached hydrogens (tertiary/aromatic N) is 1. The van der Waals surface area contributed by atoms with E-state index >= 15 is 0 Å². The van der Waals surface area contributed by atoms with Gasteiger partial charge < -0.3 is 5.32 Å². The lowest BCUT2D eigenvalue weighted by molar-refractivity contribution is -0.129. The first-order valence-corrected chi connectivity index (χ1v) is 7.66. The van der Waals surface area contributed by atoms with E-state index in [-0.39, 0.29) is 6.54 Å². The lowest BCUT2D eigenvalue weighted by Gasteiger charge is -2.08. The number of nitriles is 1. The van der Waals surface area contributed by atoms with Crippen molar-refractivity contribution in [3.05, 3.63) is 76.8 Å². The van der Waals surface area contributed by atoms with Gasteiger partial charge >= 0.3 is 0 Å². The van der Waals surface area contributed by atoms with Crippen LogP contribution in [0.25, 0.3) is 6.08 Å². The molecule has 0 radical (unpaired) electrons. The fourth-order valence-corrected chi connectivity index (χ4v) is 2.22. The Bertz CT molecular complexity index is 795. The van der Waals surface area contributed by atoms with E-state index in [9.17, 15) is 9.59 Å². The Morgan fingerprint density at radius 2 is 1.92 bits per heavy atom.